The summed E-state index contributed by atoms with van der Waals surface area (Å²) in [4.78, 5) is 42.0. The molecule has 1 amide bonds. The lowest BCUT2D eigenvalue weighted by atomic mass is 9.99. The summed E-state index contributed by atoms with van der Waals surface area (Å²) < 4.78 is 3.54. The number of hydrogen-bond donors (Lipinski definition) is 1. The number of carbonyl (C=O) groups is 1. The van der Waals surface area contributed by atoms with Crippen molar-refractivity contribution in [1.29, 1.82) is 0 Å². The number of hydrogen-bond acceptors (Lipinski definition) is 4. The van der Waals surface area contributed by atoms with Crippen LogP contribution < -0.4 is 16.6 Å². The largest absolute Gasteiger partial charge is 0.347 e. The van der Waals surface area contributed by atoms with E-state index >= 15 is 0 Å². The van der Waals surface area contributed by atoms with Crippen LogP contribution in [0.25, 0.3) is 11.2 Å². The number of amides is 1. The van der Waals surface area contributed by atoms with E-state index in [1.807, 2.05) is 60.7 Å². The van der Waals surface area contributed by atoms with Crippen LogP contribution in [0.1, 0.15) is 17.2 Å². The third-order valence-corrected chi connectivity index (χ3v) is 5.71. The SMILES string of the molecule is Cn1c(=O)c2c(nc(Cl)n2CC(=O)N[C@@H](Cc2ccccc2)c2ccccc2)n(C)c1=O. The lowest BCUT2D eigenvalue weighted by Gasteiger charge is -2.20. The number of rotatable bonds is 6. The third kappa shape index (κ3) is 4.09. The van der Waals surface area contributed by atoms with Crippen LogP contribution in [0, 0.1) is 0 Å². The second-order valence-corrected chi connectivity index (χ2v) is 7.90. The highest BCUT2D eigenvalue weighted by Gasteiger charge is 2.21. The molecule has 1 N–H and O–H groups in total. The highest BCUT2D eigenvalue weighted by Crippen LogP contribution is 2.20. The number of carbonyl (C=O) groups excluding carboxylic acids is 1. The van der Waals surface area contributed by atoms with Crippen molar-refractivity contribution in [2.75, 3.05) is 0 Å². The second kappa shape index (κ2) is 8.84. The van der Waals surface area contributed by atoms with E-state index < -0.39 is 11.2 Å². The molecule has 0 aliphatic rings. The van der Waals surface area contributed by atoms with Crippen LogP contribution in [0.4, 0.5) is 0 Å². The Hall–Kier alpha value is -3.65. The number of aryl methyl sites for hydroxylation is 1. The first-order valence-corrected chi connectivity index (χ1v) is 10.4. The molecule has 32 heavy (non-hydrogen) atoms. The Morgan fingerprint density at radius 3 is 2.28 bits per heavy atom. The molecule has 0 saturated heterocycles. The van der Waals surface area contributed by atoms with Crippen molar-refractivity contribution in [2.24, 2.45) is 14.1 Å². The van der Waals surface area contributed by atoms with Gasteiger partial charge in [-0.3, -0.25) is 23.3 Å². The Morgan fingerprint density at radius 2 is 1.62 bits per heavy atom. The quantitative estimate of drug-likeness (QED) is 0.455. The zero-order valence-electron chi connectivity index (χ0n) is 17.7. The van der Waals surface area contributed by atoms with E-state index in [1.165, 1.54) is 23.2 Å². The summed E-state index contributed by atoms with van der Waals surface area (Å²) in [5, 5.41) is 3.01. The van der Waals surface area contributed by atoms with Crippen LogP contribution in [-0.4, -0.2) is 24.6 Å². The molecule has 1 atom stereocenters. The van der Waals surface area contributed by atoms with Gasteiger partial charge in [0.05, 0.1) is 6.04 Å². The van der Waals surface area contributed by atoms with Gasteiger partial charge in [-0.05, 0) is 29.1 Å². The molecule has 0 fully saturated rings. The molecule has 2 aromatic carbocycles. The highest BCUT2D eigenvalue weighted by molar-refractivity contribution is 6.29. The molecular formula is C23H22ClN5O3. The number of imidazole rings is 1. The van der Waals surface area contributed by atoms with Gasteiger partial charge in [-0.15, -0.1) is 0 Å². The predicted molar refractivity (Wildman–Crippen MR) is 123 cm³/mol. The van der Waals surface area contributed by atoms with Gasteiger partial charge in [-0.1, -0.05) is 60.7 Å². The molecule has 0 aliphatic carbocycles. The molecule has 9 heteroatoms. The molecule has 4 rings (SSSR count). The normalized spacial score (nSPS) is 12.1. The summed E-state index contributed by atoms with van der Waals surface area (Å²) in [7, 11) is 2.88. The van der Waals surface area contributed by atoms with Gasteiger partial charge in [0.25, 0.3) is 5.56 Å². The van der Waals surface area contributed by atoms with Gasteiger partial charge < -0.3 is 5.32 Å². The maximum atomic E-state index is 13.0. The molecule has 2 aromatic heterocycles. The van der Waals surface area contributed by atoms with E-state index in [-0.39, 0.29) is 34.9 Å². The third-order valence-electron chi connectivity index (χ3n) is 5.42. The summed E-state index contributed by atoms with van der Waals surface area (Å²) in [6, 6.07) is 19.3. The van der Waals surface area contributed by atoms with Crippen molar-refractivity contribution in [3.05, 3.63) is 97.9 Å². The molecule has 0 bridgehead atoms. The number of nitrogens with one attached hydrogen (secondary N) is 1. The van der Waals surface area contributed by atoms with Crippen molar-refractivity contribution in [3.8, 4) is 0 Å². The zero-order chi connectivity index (χ0) is 22.8. The average Bonchev–Trinajstić information content (AvgIpc) is 3.13. The molecule has 0 spiro atoms. The van der Waals surface area contributed by atoms with Crippen LogP contribution in [0.15, 0.2) is 70.3 Å². The smallest absolute Gasteiger partial charge is 0.332 e. The molecule has 0 saturated carbocycles. The Morgan fingerprint density at radius 1 is 1.00 bits per heavy atom. The van der Waals surface area contributed by atoms with E-state index in [9.17, 15) is 14.4 Å². The maximum Gasteiger partial charge on any atom is 0.332 e. The van der Waals surface area contributed by atoms with Crippen LogP contribution in [0.3, 0.4) is 0 Å². The molecule has 0 aliphatic heterocycles. The fourth-order valence-corrected chi connectivity index (χ4v) is 3.96. The summed E-state index contributed by atoms with van der Waals surface area (Å²) in [5.41, 5.74) is 1.22. The van der Waals surface area contributed by atoms with Gasteiger partial charge >= 0.3 is 5.69 Å². The lowest BCUT2D eigenvalue weighted by molar-refractivity contribution is -0.122. The fourth-order valence-electron chi connectivity index (χ4n) is 3.74. The van der Waals surface area contributed by atoms with E-state index in [1.54, 1.807) is 0 Å². The van der Waals surface area contributed by atoms with Crippen LogP contribution in [-0.2, 0) is 31.9 Å². The van der Waals surface area contributed by atoms with Gasteiger partial charge in [0.2, 0.25) is 11.2 Å². The molecule has 8 nitrogen and oxygen atoms in total. The summed E-state index contributed by atoms with van der Waals surface area (Å²) in [5.74, 6) is -0.327. The average molecular weight is 452 g/mol. The van der Waals surface area contributed by atoms with Crippen LogP contribution in [0.2, 0.25) is 5.28 Å². The number of halogens is 1. The summed E-state index contributed by atoms with van der Waals surface area (Å²) in [6.45, 7) is -0.207. The first kappa shape index (κ1) is 21.6. The number of benzene rings is 2. The topological polar surface area (TPSA) is 90.9 Å². The molecule has 4 aromatic rings. The van der Waals surface area contributed by atoms with Crippen molar-refractivity contribution in [1.82, 2.24) is 24.0 Å². The Balaban J connectivity index is 1.66. The monoisotopic (exact) mass is 451 g/mol. The minimum atomic E-state index is -0.556. The molecule has 164 valence electrons. The molecule has 0 radical (unpaired) electrons. The molecule has 0 unspecified atom stereocenters. The number of aromatic nitrogens is 4. The van der Waals surface area contributed by atoms with Crippen molar-refractivity contribution in [3.63, 3.8) is 0 Å². The van der Waals surface area contributed by atoms with Crippen LogP contribution in [0.5, 0.6) is 0 Å². The summed E-state index contributed by atoms with van der Waals surface area (Å²) >= 11 is 6.25. The number of nitrogens with zero attached hydrogens (tertiary/aromatic N) is 4. The Kier molecular flexibility index (Phi) is 5.96. The van der Waals surface area contributed by atoms with Gasteiger partial charge in [-0.2, -0.15) is 4.98 Å². The predicted octanol–water partition coefficient (Wildman–Crippen LogP) is 2.19. The van der Waals surface area contributed by atoms with Gasteiger partial charge in [0, 0.05) is 14.1 Å². The lowest BCUT2D eigenvalue weighted by Crippen LogP contribution is -2.38. The van der Waals surface area contributed by atoms with Gasteiger partial charge in [0.1, 0.15) is 6.54 Å². The maximum absolute atomic E-state index is 13.0. The van der Waals surface area contributed by atoms with E-state index in [4.69, 9.17) is 11.6 Å². The minimum absolute atomic E-state index is 0.0345. The van der Waals surface area contributed by atoms with E-state index in [0.29, 0.717) is 6.42 Å². The second-order valence-electron chi connectivity index (χ2n) is 7.57. The van der Waals surface area contributed by atoms with Crippen molar-refractivity contribution in [2.45, 2.75) is 19.0 Å². The van der Waals surface area contributed by atoms with E-state index in [0.717, 1.165) is 15.7 Å². The summed E-state index contributed by atoms with van der Waals surface area (Å²) in [6.07, 6.45) is 0.602. The van der Waals surface area contributed by atoms with Crippen molar-refractivity contribution >= 4 is 28.7 Å². The Labute approximate surface area is 188 Å². The van der Waals surface area contributed by atoms with Crippen molar-refractivity contribution < 1.29 is 4.79 Å². The van der Waals surface area contributed by atoms with Gasteiger partial charge in [0.15, 0.2) is 11.2 Å². The number of fused-ring (bicyclic) bond motifs is 1. The fraction of sp³-hybridized carbons (Fsp3) is 0.217. The van der Waals surface area contributed by atoms with E-state index in [2.05, 4.69) is 10.3 Å². The standard InChI is InChI=1S/C23H22ClN5O3/c1-27-20-19(21(31)28(2)23(27)32)29(22(24)26-20)14-18(30)25-17(16-11-7-4-8-12-16)13-15-9-5-3-6-10-15/h3-12,17H,13-14H2,1-2H3,(H,25,30)/t17-/m0/s1. The van der Waals surface area contributed by atoms with Crippen LogP contribution >= 0.6 is 11.6 Å². The molecular weight excluding hydrogens is 430 g/mol. The minimum Gasteiger partial charge on any atom is -0.347 e. The first-order chi connectivity index (χ1) is 15.4. The first-order valence-electron chi connectivity index (χ1n) is 10.1. The van der Waals surface area contributed by atoms with Gasteiger partial charge in [-0.25, -0.2) is 4.79 Å². The zero-order valence-corrected chi connectivity index (χ0v) is 18.4. The molecule has 2 heterocycles. The highest BCUT2D eigenvalue weighted by atomic mass is 35.5. The Bertz CT molecular complexity index is 1390.